The van der Waals surface area contributed by atoms with Crippen LogP contribution in [0.25, 0.3) is 0 Å². The number of piperazine rings is 1. The Labute approximate surface area is 121 Å². The van der Waals surface area contributed by atoms with E-state index in [1.54, 1.807) is 10.4 Å². The minimum Gasteiger partial charge on any atom is -0.481 e. The van der Waals surface area contributed by atoms with Crippen molar-refractivity contribution in [1.82, 2.24) is 20.1 Å². The Kier molecular flexibility index (Phi) is 5.31. The highest BCUT2D eigenvalue weighted by molar-refractivity contribution is 7.07. The Bertz CT molecular complexity index is 444. The van der Waals surface area contributed by atoms with Gasteiger partial charge in [0.1, 0.15) is 0 Å². The first-order chi connectivity index (χ1) is 9.65. The zero-order valence-electron chi connectivity index (χ0n) is 11.1. The number of carboxylic acid groups (broad SMARTS) is 1. The number of amides is 2. The molecule has 1 saturated heterocycles. The second kappa shape index (κ2) is 7.20. The summed E-state index contributed by atoms with van der Waals surface area (Å²) in [4.78, 5) is 30.4. The van der Waals surface area contributed by atoms with Crippen LogP contribution in [0.1, 0.15) is 12.1 Å². The zero-order valence-corrected chi connectivity index (χ0v) is 11.9. The number of carbonyl (C=O) groups is 2. The zero-order chi connectivity index (χ0) is 14.4. The lowest BCUT2D eigenvalue weighted by molar-refractivity contribution is -0.137. The van der Waals surface area contributed by atoms with Crippen molar-refractivity contribution in [2.75, 3.05) is 32.7 Å². The highest BCUT2D eigenvalue weighted by Crippen LogP contribution is 2.04. The molecule has 2 rings (SSSR count). The van der Waals surface area contributed by atoms with E-state index in [9.17, 15) is 9.59 Å². The highest BCUT2D eigenvalue weighted by atomic mass is 32.1. The van der Waals surface area contributed by atoms with Crippen LogP contribution < -0.4 is 5.32 Å². The molecule has 1 aromatic heterocycles. The van der Waals surface area contributed by atoms with E-state index in [2.05, 4.69) is 15.2 Å². The molecule has 0 atom stereocenters. The van der Waals surface area contributed by atoms with E-state index in [-0.39, 0.29) is 12.5 Å². The first kappa shape index (κ1) is 14.7. The van der Waals surface area contributed by atoms with E-state index < -0.39 is 5.97 Å². The molecule has 2 amide bonds. The number of nitrogens with zero attached hydrogens (tertiary/aromatic N) is 3. The number of carboxylic acids is 1. The van der Waals surface area contributed by atoms with Gasteiger partial charge in [-0.25, -0.2) is 9.78 Å². The van der Waals surface area contributed by atoms with Gasteiger partial charge in [-0.05, 0) is 0 Å². The average Bonchev–Trinajstić information content (AvgIpc) is 2.96. The molecule has 110 valence electrons. The number of nitrogens with one attached hydrogen (secondary N) is 1. The summed E-state index contributed by atoms with van der Waals surface area (Å²) in [6.07, 6.45) is 0.149. The fourth-order valence-electron chi connectivity index (χ4n) is 2.03. The van der Waals surface area contributed by atoms with Gasteiger partial charge in [0.25, 0.3) is 0 Å². The molecule has 2 heterocycles. The van der Waals surface area contributed by atoms with Crippen molar-refractivity contribution in [3.8, 4) is 0 Å². The molecule has 1 aromatic rings. The number of aliphatic carboxylic acids is 1. The Hall–Kier alpha value is -1.67. The van der Waals surface area contributed by atoms with Gasteiger partial charge in [-0.3, -0.25) is 9.69 Å². The van der Waals surface area contributed by atoms with Crippen LogP contribution in [0, 0.1) is 0 Å². The minimum atomic E-state index is -0.784. The molecule has 0 radical (unpaired) electrons. The standard InChI is InChI=1S/C12H18N4O3S/c17-11(18)1-2-15-3-5-16(6-4-15)12(19)13-7-10-8-20-9-14-10/h8-9H,1-7H2,(H,13,19)(H,17,18). The average molecular weight is 298 g/mol. The van der Waals surface area contributed by atoms with Crippen molar-refractivity contribution in [2.24, 2.45) is 0 Å². The van der Waals surface area contributed by atoms with Crippen LogP contribution in [0.3, 0.4) is 0 Å². The summed E-state index contributed by atoms with van der Waals surface area (Å²) in [5, 5.41) is 13.4. The van der Waals surface area contributed by atoms with E-state index in [0.29, 0.717) is 26.2 Å². The van der Waals surface area contributed by atoms with E-state index in [1.807, 2.05) is 5.38 Å². The fraction of sp³-hybridized carbons (Fsp3) is 0.583. The van der Waals surface area contributed by atoms with Crippen LogP contribution in [0.4, 0.5) is 4.79 Å². The van der Waals surface area contributed by atoms with Crippen LogP contribution in [0.15, 0.2) is 10.9 Å². The molecule has 0 unspecified atom stereocenters. The van der Waals surface area contributed by atoms with Crippen LogP contribution in [-0.4, -0.2) is 64.6 Å². The number of hydrogen-bond donors (Lipinski definition) is 2. The van der Waals surface area contributed by atoms with Crippen molar-refractivity contribution >= 4 is 23.3 Å². The minimum absolute atomic E-state index is 0.0871. The van der Waals surface area contributed by atoms with Gasteiger partial charge in [-0.1, -0.05) is 0 Å². The summed E-state index contributed by atoms with van der Waals surface area (Å²) in [5.41, 5.74) is 2.60. The Morgan fingerprint density at radius 2 is 2.10 bits per heavy atom. The first-order valence-corrected chi connectivity index (χ1v) is 7.43. The molecule has 0 saturated carbocycles. The van der Waals surface area contributed by atoms with Gasteiger partial charge in [-0.2, -0.15) is 0 Å². The molecule has 20 heavy (non-hydrogen) atoms. The van der Waals surface area contributed by atoms with Crippen molar-refractivity contribution in [1.29, 1.82) is 0 Å². The molecule has 1 aliphatic heterocycles. The van der Waals surface area contributed by atoms with Gasteiger partial charge in [0.15, 0.2) is 0 Å². The third kappa shape index (κ3) is 4.46. The van der Waals surface area contributed by atoms with Crippen molar-refractivity contribution < 1.29 is 14.7 Å². The topological polar surface area (TPSA) is 85.8 Å². The van der Waals surface area contributed by atoms with Crippen LogP contribution >= 0.6 is 11.3 Å². The molecule has 0 bridgehead atoms. The van der Waals surface area contributed by atoms with E-state index in [0.717, 1.165) is 18.8 Å². The summed E-state index contributed by atoms with van der Waals surface area (Å²) in [5.74, 6) is -0.784. The smallest absolute Gasteiger partial charge is 0.317 e. The van der Waals surface area contributed by atoms with Gasteiger partial charge in [-0.15, -0.1) is 11.3 Å². The Balaban J connectivity index is 1.67. The van der Waals surface area contributed by atoms with Gasteiger partial charge >= 0.3 is 12.0 Å². The summed E-state index contributed by atoms with van der Waals surface area (Å²) in [7, 11) is 0. The molecule has 0 spiro atoms. The summed E-state index contributed by atoms with van der Waals surface area (Å²) >= 11 is 1.50. The van der Waals surface area contributed by atoms with Gasteiger partial charge < -0.3 is 15.3 Å². The lowest BCUT2D eigenvalue weighted by atomic mass is 10.3. The number of aromatic nitrogens is 1. The first-order valence-electron chi connectivity index (χ1n) is 6.49. The van der Waals surface area contributed by atoms with E-state index >= 15 is 0 Å². The van der Waals surface area contributed by atoms with E-state index in [1.165, 1.54) is 11.3 Å². The Morgan fingerprint density at radius 1 is 1.35 bits per heavy atom. The lowest BCUT2D eigenvalue weighted by Crippen LogP contribution is -2.51. The largest absolute Gasteiger partial charge is 0.481 e. The molecule has 0 aromatic carbocycles. The fourth-order valence-corrected chi connectivity index (χ4v) is 2.59. The number of thiazole rings is 1. The highest BCUT2D eigenvalue weighted by Gasteiger charge is 2.21. The molecular weight excluding hydrogens is 280 g/mol. The normalized spacial score (nSPS) is 16.1. The lowest BCUT2D eigenvalue weighted by Gasteiger charge is -2.34. The maximum atomic E-state index is 11.9. The molecule has 7 nitrogen and oxygen atoms in total. The molecule has 2 N–H and O–H groups in total. The molecule has 1 aliphatic rings. The monoisotopic (exact) mass is 298 g/mol. The molecular formula is C12H18N4O3S. The maximum absolute atomic E-state index is 11.9. The Morgan fingerprint density at radius 3 is 2.70 bits per heavy atom. The van der Waals surface area contributed by atoms with Gasteiger partial charge in [0.2, 0.25) is 0 Å². The summed E-state index contributed by atoms with van der Waals surface area (Å²) < 4.78 is 0. The summed E-state index contributed by atoms with van der Waals surface area (Å²) in [6.45, 7) is 3.69. The maximum Gasteiger partial charge on any atom is 0.317 e. The van der Waals surface area contributed by atoms with E-state index in [4.69, 9.17) is 5.11 Å². The van der Waals surface area contributed by atoms with Crippen molar-refractivity contribution in [3.63, 3.8) is 0 Å². The van der Waals surface area contributed by atoms with Crippen molar-refractivity contribution in [2.45, 2.75) is 13.0 Å². The second-order valence-electron chi connectivity index (χ2n) is 4.61. The predicted octanol–water partition coefficient (Wildman–Crippen LogP) is 0.445. The number of hydrogen-bond acceptors (Lipinski definition) is 5. The SMILES string of the molecule is O=C(O)CCN1CCN(C(=O)NCc2cscn2)CC1. The third-order valence-corrected chi connectivity index (χ3v) is 3.84. The van der Waals surface area contributed by atoms with Crippen LogP contribution in [0.5, 0.6) is 0 Å². The molecule has 8 heteroatoms. The number of rotatable bonds is 5. The molecule has 0 aliphatic carbocycles. The summed E-state index contributed by atoms with van der Waals surface area (Å²) in [6, 6.07) is -0.0871. The van der Waals surface area contributed by atoms with Crippen LogP contribution in [0.2, 0.25) is 0 Å². The third-order valence-electron chi connectivity index (χ3n) is 3.21. The quantitative estimate of drug-likeness (QED) is 0.824. The predicted molar refractivity (Wildman–Crippen MR) is 74.6 cm³/mol. The molecule has 1 fully saturated rings. The van der Waals surface area contributed by atoms with Gasteiger partial charge in [0, 0.05) is 38.1 Å². The number of carbonyl (C=O) groups excluding carboxylic acids is 1. The van der Waals surface area contributed by atoms with Crippen LogP contribution in [-0.2, 0) is 11.3 Å². The van der Waals surface area contributed by atoms with Crippen molar-refractivity contribution in [3.05, 3.63) is 16.6 Å². The second-order valence-corrected chi connectivity index (χ2v) is 5.33. The number of urea groups is 1. The van der Waals surface area contributed by atoms with Gasteiger partial charge in [0.05, 0.1) is 24.2 Å².